The number of aromatic nitrogens is 4. The molecule has 3 rings (SSSR count). The fraction of sp³-hybridized carbons (Fsp3) is 0.400. The quantitative estimate of drug-likeness (QED) is 0.717. The maximum absolute atomic E-state index is 12.3. The lowest BCUT2D eigenvalue weighted by atomic mass is 10.1. The van der Waals surface area contributed by atoms with Crippen LogP contribution in [0.1, 0.15) is 40.7 Å². The highest BCUT2D eigenvalue weighted by Crippen LogP contribution is 2.34. The van der Waals surface area contributed by atoms with Crippen molar-refractivity contribution in [2.75, 3.05) is 12.4 Å². The van der Waals surface area contributed by atoms with Crippen LogP contribution in [-0.4, -0.2) is 38.3 Å². The van der Waals surface area contributed by atoms with Crippen LogP contribution in [0.2, 0.25) is 0 Å². The number of benzene rings is 1. The maximum Gasteiger partial charge on any atom is 0.412 e. The molecule has 0 radical (unpaired) electrons. The molecule has 1 aromatic carbocycles. The van der Waals surface area contributed by atoms with Crippen LogP contribution in [0.25, 0.3) is 22.4 Å². The molecule has 1 amide bonds. The van der Waals surface area contributed by atoms with Crippen molar-refractivity contribution in [2.45, 2.75) is 46.3 Å². The predicted molar refractivity (Wildman–Crippen MR) is 108 cm³/mol. The molecule has 2 aromatic heterocycles. The van der Waals surface area contributed by atoms with E-state index >= 15 is 0 Å². The van der Waals surface area contributed by atoms with Gasteiger partial charge in [-0.1, -0.05) is 0 Å². The van der Waals surface area contributed by atoms with Crippen molar-refractivity contribution in [3.63, 3.8) is 0 Å². The van der Waals surface area contributed by atoms with E-state index in [0.717, 1.165) is 5.65 Å². The Hall–Kier alpha value is -3.16. The Morgan fingerprint density at radius 1 is 1.18 bits per heavy atom. The van der Waals surface area contributed by atoms with Crippen molar-refractivity contribution in [3.05, 3.63) is 30.9 Å². The van der Waals surface area contributed by atoms with E-state index in [1.54, 1.807) is 19.5 Å². The van der Waals surface area contributed by atoms with Crippen LogP contribution < -0.4 is 10.1 Å². The molecule has 0 unspecified atom stereocenters. The van der Waals surface area contributed by atoms with Gasteiger partial charge in [0.25, 0.3) is 0 Å². The van der Waals surface area contributed by atoms with Gasteiger partial charge in [-0.25, -0.2) is 19.7 Å². The summed E-state index contributed by atoms with van der Waals surface area (Å²) >= 11 is 0. The molecule has 0 fully saturated rings. The zero-order chi connectivity index (χ0) is 20.5. The van der Waals surface area contributed by atoms with Crippen LogP contribution in [-0.2, 0) is 4.74 Å². The highest BCUT2D eigenvalue weighted by molar-refractivity contribution is 5.97. The molecular formula is C20H25N5O3. The molecule has 8 heteroatoms. The number of imidazole rings is 1. The number of hydrogen-bond donors (Lipinski definition) is 1. The number of ether oxygens (including phenoxy) is 2. The number of carbonyl (C=O) groups is 1. The van der Waals surface area contributed by atoms with Crippen molar-refractivity contribution in [1.82, 2.24) is 19.5 Å². The standard InChI is InChI=1S/C20H25N5O3/c1-12(2)25-11-23-17-16(21-10-22-18(17)25)14-8-7-13(27-6)9-15(14)24-19(26)28-20(3,4)5/h7-12H,1-6H3,(H,24,26). The number of rotatable bonds is 4. The first kappa shape index (κ1) is 19.6. The summed E-state index contributed by atoms with van der Waals surface area (Å²) in [7, 11) is 1.57. The smallest absolute Gasteiger partial charge is 0.412 e. The lowest BCUT2D eigenvalue weighted by Crippen LogP contribution is -2.27. The van der Waals surface area contributed by atoms with E-state index in [1.165, 1.54) is 6.33 Å². The van der Waals surface area contributed by atoms with E-state index < -0.39 is 11.7 Å². The highest BCUT2D eigenvalue weighted by atomic mass is 16.6. The van der Waals surface area contributed by atoms with Gasteiger partial charge in [0.15, 0.2) is 5.65 Å². The minimum Gasteiger partial charge on any atom is -0.497 e. The molecule has 28 heavy (non-hydrogen) atoms. The summed E-state index contributed by atoms with van der Waals surface area (Å²) in [5, 5.41) is 2.80. The number of nitrogens with one attached hydrogen (secondary N) is 1. The van der Waals surface area contributed by atoms with Gasteiger partial charge < -0.3 is 14.0 Å². The number of anilines is 1. The van der Waals surface area contributed by atoms with Crippen LogP contribution in [0, 0.1) is 0 Å². The summed E-state index contributed by atoms with van der Waals surface area (Å²) in [6, 6.07) is 5.58. The van der Waals surface area contributed by atoms with Gasteiger partial charge in [0.1, 0.15) is 28.9 Å². The molecule has 0 atom stereocenters. The first-order chi connectivity index (χ1) is 13.2. The van der Waals surface area contributed by atoms with Gasteiger partial charge >= 0.3 is 6.09 Å². The zero-order valence-electron chi connectivity index (χ0n) is 17.0. The summed E-state index contributed by atoms with van der Waals surface area (Å²) < 4.78 is 12.7. The summed E-state index contributed by atoms with van der Waals surface area (Å²) in [6.45, 7) is 9.56. The second-order valence-electron chi connectivity index (χ2n) is 7.68. The predicted octanol–water partition coefficient (Wildman–Crippen LogP) is 4.43. The number of methoxy groups -OCH3 is 1. The molecule has 0 aliphatic rings. The number of nitrogens with zero attached hydrogens (tertiary/aromatic N) is 4. The monoisotopic (exact) mass is 383 g/mol. The van der Waals surface area contributed by atoms with E-state index in [2.05, 4.69) is 34.1 Å². The summed E-state index contributed by atoms with van der Waals surface area (Å²) in [5.74, 6) is 0.604. The largest absolute Gasteiger partial charge is 0.497 e. The Labute approximate surface area is 163 Å². The van der Waals surface area contributed by atoms with Gasteiger partial charge in [0, 0.05) is 17.7 Å². The molecule has 0 bridgehead atoms. The summed E-state index contributed by atoms with van der Waals surface area (Å²) in [4.78, 5) is 25.6. The zero-order valence-corrected chi connectivity index (χ0v) is 17.0. The average molecular weight is 383 g/mol. The van der Waals surface area contributed by atoms with Crippen molar-refractivity contribution in [1.29, 1.82) is 0 Å². The van der Waals surface area contributed by atoms with Gasteiger partial charge in [-0.2, -0.15) is 0 Å². The molecule has 3 aromatic rings. The van der Waals surface area contributed by atoms with Gasteiger partial charge in [-0.15, -0.1) is 0 Å². The summed E-state index contributed by atoms with van der Waals surface area (Å²) in [6.07, 6.45) is 2.69. The number of amides is 1. The van der Waals surface area contributed by atoms with Gasteiger partial charge in [-0.3, -0.25) is 5.32 Å². The first-order valence-corrected chi connectivity index (χ1v) is 9.05. The fourth-order valence-corrected chi connectivity index (χ4v) is 2.80. The van der Waals surface area contributed by atoms with Crippen molar-refractivity contribution in [3.8, 4) is 17.0 Å². The minimum atomic E-state index is -0.610. The van der Waals surface area contributed by atoms with E-state index in [0.29, 0.717) is 28.2 Å². The molecule has 148 valence electrons. The molecule has 2 heterocycles. The Morgan fingerprint density at radius 2 is 1.93 bits per heavy atom. The van der Waals surface area contributed by atoms with E-state index in [9.17, 15) is 4.79 Å². The maximum atomic E-state index is 12.3. The molecule has 0 saturated carbocycles. The number of hydrogen-bond acceptors (Lipinski definition) is 6. The Kier molecular flexibility index (Phi) is 5.22. The third-order valence-electron chi connectivity index (χ3n) is 4.03. The van der Waals surface area contributed by atoms with Gasteiger partial charge in [-0.05, 0) is 46.8 Å². The van der Waals surface area contributed by atoms with Gasteiger partial charge in [0.05, 0.1) is 19.1 Å². The molecule has 0 saturated heterocycles. The Bertz CT molecular complexity index is 1000. The van der Waals surface area contributed by atoms with Crippen LogP contribution in [0.3, 0.4) is 0 Å². The average Bonchev–Trinajstić information content (AvgIpc) is 3.04. The van der Waals surface area contributed by atoms with Crippen molar-refractivity contribution in [2.24, 2.45) is 0 Å². The van der Waals surface area contributed by atoms with Crippen LogP contribution in [0.5, 0.6) is 5.75 Å². The summed E-state index contributed by atoms with van der Waals surface area (Å²) in [5.41, 5.74) is 2.63. The van der Waals surface area contributed by atoms with Crippen LogP contribution in [0.15, 0.2) is 30.9 Å². The molecule has 1 N–H and O–H groups in total. The number of carbonyl (C=O) groups excluding carboxylic acids is 1. The molecule has 0 aliphatic heterocycles. The van der Waals surface area contributed by atoms with E-state index in [1.807, 2.05) is 37.5 Å². The van der Waals surface area contributed by atoms with Crippen molar-refractivity contribution >= 4 is 22.9 Å². The van der Waals surface area contributed by atoms with Crippen LogP contribution in [0.4, 0.5) is 10.5 Å². The third kappa shape index (κ3) is 4.05. The highest BCUT2D eigenvalue weighted by Gasteiger charge is 2.20. The van der Waals surface area contributed by atoms with Crippen LogP contribution >= 0.6 is 0 Å². The SMILES string of the molecule is COc1ccc(-c2ncnc3c2ncn3C(C)C)c(NC(=O)OC(C)(C)C)c1. The lowest BCUT2D eigenvalue weighted by Gasteiger charge is -2.20. The normalized spacial score (nSPS) is 11.7. The molecule has 0 spiro atoms. The van der Waals surface area contributed by atoms with E-state index in [-0.39, 0.29) is 6.04 Å². The second-order valence-corrected chi connectivity index (χ2v) is 7.68. The molecular weight excluding hydrogens is 358 g/mol. The topological polar surface area (TPSA) is 91.2 Å². The van der Waals surface area contributed by atoms with Gasteiger partial charge in [0.2, 0.25) is 0 Å². The second kappa shape index (κ2) is 7.46. The first-order valence-electron chi connectivity index (χ1n) is 9.05. The Balaban J connectivity index is 2.09. The Morgan fingerprint density at radius 3 is 2.57 bits per heavy atom. The minimum absolute atomic E-state index is 0.211. The van der Waals surface area contributed by atoms with E-state index in [4.69, 9.17) is 9.47 Å². The fourth-order valence-electron chi connectivity index (χ4n) is 2.80. The molecule has 8 nitrogen and oxygen atoms in total. The molecule has 0 aliphatic carbocycles. The van der Waals surface area contributed by atoms with Crippen molar-refractivity contribution < 1.29 is 14.3 Å². The third-order valence-corrected chi connectivity index (χ3v) is 4.03. The lowest BCUT2D eigenvalue weighted by molar-refractivity contribution is 0.0636. The number of fused-ring (bicyclic) bond motifs is 1.